The topological polar surface area (TPSA) is 31.0 Å². The fourth-order valence-electron chi connectivity index (χ4n) is 2.03. The molecule has 0 aliphatic rings. The lowest BCUT2D eigenvalue weighted by Crippen LogP contribution is -1.94. The Morgan fingerprint density at radius 2 is 2.00 bits per heavy atom. The highest BCUT2D eigenvalue weighted by Gasteiger charge is 2.16. The summed E-state index contributed by atoms with van der Waals surface area (Å²) in [6.45, 7) is 1.96. The van der Waals surface area contributed by atoms with E-state index in [-0.39, 0.29) is 4.83 Å². The van der Waals surface area contributed by atoms with Gasteiger partial charge in [0, 0.05) is 17.3 Å². The summed E-state index contributed by atoms with van der Waals surface area (Å²) in [6, 6.07) is 12.0. The number of para-hydroxylation sites is 1. The predicted octanol–water partition coefficient (Wildman–Crippen LogP) is 4.26. The number of aryl methyl sites for hydroxylation is 1. The van der Waals surface area contributed by atoms with E-state index in [1.165, 1.54) is 0 Å². The van der Waals surface area contributed by atoms with Crippen LogP contribution < -0.4 is 0 Å². The zero-order chi connectivity index (χ0) is 13.2. The van der Waals surface area contributed by atoms with Gasteiger partial charge in [0.1, 0.15) is 5.76 Å². The summed E-state index contributed by atoms with van der Waals surface area (Å²) in [5.41, 5.74) is 3.29. The molecule has 96 valence electrons. The molecular weight excluding hydrogens is 304 g/mol. The van der Waals surface area contributed by atoms with Crippen LogP contribution in [0, 0.1) is 6.92 Å². The molecule has 0 fully saturated rings. The van der Waals surface area contributed by atoms with Crippen LogP contribution in [-0.4, -0.2) is 9.78 Å². The standard InChI is InChI=1S/C15H13BrN2O/c1-11-14(7-8-19-11)15(16)12-9-17-18(10-12)13-5-3-2-4-6-13/h2-10,15H,1H3. The van der Waals surface area contributed by atoms with Crippen molar-refractivity contribution >= 4 is 15.9 Å². The van der Waals surface area contributed by atoms with E-state index >= 15 is 0 Å². The van der Waals surface area contributed by atoms with Crippen LogP contribution in [0.25, 0.3) is 5.69 Å². The Labute approximate surface area is 120 Å². The van der Waals surface area contributed by atoms with Gasteiger partial charge in [0.05, 0.1) is 23.0 Å². The number of hydrogen-bond donors (Lipinski definition) is 0. The van der Waals surface area contributed by atoms with Gasteiger partial charge in [-0.05, 0) is 25.1 Å². The van der Waals surface area contributed by atoms with Gasteiger partial charge in [-0.2, -0.15) is 5.10 Å². The highest BCUT2D eigenvalue weighted by molar-refractivity contribution is 9.09. The molecule has 1 atom stereocenters. The Morgan fingerprint density at radius 1 is 1.21 bits per heavy atom. The number of furan rings is 1. The molecule has 2 aromatic heterocycles. The van der Waals surface area contributed by atoms with Crippen molar-refractivity contribution in [2.75, 3.05) is 0 Å². The summed E-state index contributed by atoms with van der Waals surface area (Å²) in [7, 11) is 0. The molecular formula is C15H13BrN2O. The van der Waals surface area contributed by atoms with Crippen molar-refractivity contribution in [2.45, 2.75) is 11.8 Å². The first-order valence-electron chi connectivity index (χ1n) is 6.04. The quantitative estimate of drug-likeness (QED) is 0.676. The molecule has 1 aromatic carbocycles. The van der Waals surface area contributed by atoms with Crippen LogP contribution in [0.5, 0.6) is 0 Å². The molecule has 0 aliphatic carbocycles. The largest absolute Gasteiger partial charge is 0.469 e. The highest BCUT2D eigenvalue weighted by atomic mass is 79.9. The van der Waals surface area contributed by atoms with Crippen LogP contribution in [0.1, 0.15) is 21.7 Å². The molecule has 3 rings (SSSR count). The number of nitrogens with zero attached hydrogens (tertiary/aromatic N) is 2. The fourth-order valence-corrected chi connectivity index (χ4v) is 2.74. The van der Waals surface area contributed by atoms with Crippen molar-refractivity contribution < 1.29 is 4.42 Å². The molecule has 2 heterocycles. The molecule has 19 heavy (non-hydrogen) atoms. The summed E-state index contributed by atoms with van der Waals surface area (Å²) >= 11 is 3.70. The Balaban J connectivity index is 1.92. The van der Waals surface area contributed by atoms with Gasteiger partial charge in [-0.15, -0.1) is 0 Å². The number of alkyl halides is 1. The predicted molar refractivity (Wildman–Crippen MR) is 77.8 cm³/mol. The molecule has 3 nitrogen and oxygen atoms in total. The van der Waals surface area contributed by atoms with Crippen molar-refractivity contribution in [3.63, 3.8) is 0 Å². The molecule has 4 heteroatoms. The van der Waals surface area contributed by atoms with Crippen molar-refractivity contribution in [1.82, 2.24) is 9.78 Å². The minimum Gasteiger partial charge on any atom is -0.469 e. The average Bonchev–Trinajstić information content (AvgIpc) is 3.08. The lowest BCUT2D eigenvalue weighted by Gasteiger charge is -2.05. The van der Waals surface area contributed by atoms with Crippen molar-refractivity contribution in [1.29, 1.82) is 0 Å². The molecule has 0 saturated carbocycles. The van der Waals surface area contributed by atoms with Gasteiger partial charge in [0.2, 0.25) is 0 Å². The van der Waals surface area contributed by atoms with E-state index in [2.05, 4.69) is 21.0 Å². The first-order valence-corrected chi connectivity index (χ1v) is 6.95. The maximum atomic E-state index is 5.34. The van der Waals surface area contributed by atoms with E-state index in [0.717, 1.165) is 22.6 Å². The van der Waals surface area contributed by atoms with E-state index in [1.54, 1.807) is 6.26 Å². The lowest BCUT2D eigenvalue weighted by atomic mass is 10.1. The number of hydrogen-bond acceptors (Lipinski definition) is 2. The average molecular weight is 317 g/mol. The molecule has 1 unspecified atom stereocenters. The van der Waals surface area contributed by atoms with Crippen LogP contribution in [0.2, 0.25) is 0 Å². The number of rotatable bonds is 3. The van der Waals surface area contributed by atoms with Crippen molar-refractivity contribution in [3.8, 4) is 5.69 Å². The summed E-state index contributed by atoms with van der Waals surface area (Å²) in [6.07, 6.45) is 5.61. The summed E-state index contributed by atoms with van der Waals surface area (Å²) in [5, 5.41) is 4.40. The van der Waals surface area contributed by atoms with Crippen LogP contribution >= 0.6 is 15.9 Å². The van der Waals surface area contributed by atoms with Gasteiger partial charge in [-0.25, -0.2) is 4.68 Å². The Morgan fingerprint density at radius 3 is 2.68 bits per heavy atom. The van der Waals surface area contributed by atoms with Crippen molar-refractivity contribution in [3.05, 3.63) is 71.9 Å². The third-order valence-corrected chi connectivity index (χ3v) is 4.11. The second-order valence-electron chi connectivity index (χ2n) is 4.35. The fraction of sp³-hybridized carbons (Fsp3) is 0.133. The Bertz CT molecular complexity index is 672. The van der Waals surface area contributed by atoms with E-state index in [4.69, 9.17) is 4.42 Å². The number of aromatic nitrogens is 2. The minimum atomic E-state index is 0.101. The van der Waals surface area contributed by atoms with Gasteiger partial charge < -0.3 is 4.42 Å². The number of benzene rings is 1. The normalized spacial score (nSPS) is 12.5. The summed E-state index contributed by atoms with van der Waals surface area (Å²) in [5.74, 6) is 0.925. The van der Waals surface area contributed by atoms with Gasteiger partial charge >= 0.3 is 0 Å². The second kappa shape index (κ2) is 5.05. The van der Waals surface area contributed by atoms with Crippen LogP contribution in [0.3, 0.4) is 0 Å². The Hall–Kier alpha value is -1.81. The lowest BCUT2D eigenvalue weighted by molar-refractivity contribution is 0.530. The highest BCUT2D eigenvalue weighted by Crippen LogP contribution is 2.33. The van der Waals surface area contributed by atoms with Gasteiger partial charge in [-0.3, -0.25) is 0 Å². The maximum absolute atomic E-state index is 5.34. The maximum Gasteiger partial charge on any atom is 0.105 e. The monoisotopic (exact) mass is 316 g/mol. The van der Waals surface area contributed by atoms with Gasteiger partial charge in [0.15, 0.2) is 0 Å². The van der Waals surface area contributed by atoms with Crippen LogP contribution in [-0.2, 0) is 0 Å². The molecule has 0 bridgehead atoms. The summed E-state index contributed by atoms with van der Waals surface area (Å²) < 4.78 is 7.22. The summed E-state index contributed by atoms with van der Waals surface area (Å²) in [4.78, 5) is 0.101. The molecule has 0 radical (unpaired) electrons. The molecule has 0 spiro atoms. The second-order valence-corrected chi connectivity index (χ2v) is 5.26. The third-order valence-electron chi connectivity index (χ3n) is 3.09. The molecule has 3 aromatic rings. The zero-order valence-electron chi connectivity index (χ0n) is 10.5. The molecule has 0 N–H and O–H groups in total. The molecule has 0 aliphatic heterocycles. The van der Waals surface area contributed by atoms with E-state index < -0.39 is 0 Å². The van der Waals surface area contributed by atoms with Gasteiger partial charge in [-0.1, -0.05) is 34.1 Å². The Kier molecular flexibility index (Phi) is 3.25. The van der Waals surface area contributed by atoms with Crippen LogP contribution in [0.15, 0.2) is 59.5 Å². The first kappa shape index (κ1) is 12.2. The van der Waals surface area contributed by atoms with Crippen molar-refractivity contribution in [2.24, 2.45) is 0 Å². The molecule has 0 saturated heterocycles. The van der Waals surface area contributed by atoms with E-state index in [9.17, 15) is 0 Å². The third kappa shape index (κ3) is 2.36. The van der Waals surface area contributed by atoms with E-state index in [1.807, 2.05) is 60.4 Å². The van der Waals surface area contributed by atoms with E-state index in [0.29, 0.717) is 0 Å². The SMILES string of the molecule is Cc1occc1C(Br)c1cnn(-c2ccccc2)c1. The first-order chi connectivity index (χ1) is 9.25. The minimum absolute atomic E-state index is 0.101. The molecule has 0 amide bonds. The number of halogens is 1. The van der Waals surface area contributed by atoms with Gasteiger partial charge in [0.25, 0.3) is 0 Å². The zero-order valence-corrected chi connectivity index (χ0v) is 12.0. The smallest absolute Gasteiger partial charge is 0.105 e. The van der Waals surface area contributed by atoms with Crippen LogP contribution in [0.4, 0.5) is 0 Å².